The molecule has 0 N–H and O–H groups in total. The first kappa shape index (κ1) is 23.2. The van der Waals surface area contributed by atoms with Crippen molar-refractivity contribution >= 4 is 29.4 Å². The molecule has 0 unspecified atom stereocenters. The molecule has 1 heterocycles. The molecule has 1 aromatic carbocycles. The first-order valence-electron chi connectivity index (χ1n) is 11.1. The minimum atomic E-state index is 0.229. The van der Waals surface area contributed by atoms with Crippen LogP contribution in [0.3, 0.4) is 0 Å². The van der Waals surface area contributed by atoms with Crippen LogP contribution in [-0.2, 0) is 11.2 Å². The lowest BCUT2D eigenvalue weighted by Gasteiger charge is -2.31. The van der Waals surface area contributed by atoms with Gasteiger partial charge in [-0.3, -0.25) is 9.78 Å². The largest absolute Gasteiger partial charge is 0.345 e. The van der Waals surface area contributed by atoms with Gasteiger partial charge in [-0.15, -0.1) is 23.5 Å². The van der Waals surface area contributed by atoms with E-state index >= 15 is 0 Å². The van der Waals surface area contributed by atoms with Crippen LogP contribution in [0.15, 0.2) is 53.6 Å². The van der Waals surface area contributed by atoms with Crippen molar-refractivity contribution in [3.63, 3.8) is 0 Å². The monoisotopic (exact) mass is 442 g/mol. The molecule has 5 heteroatoms. The van der Waals surface area contributed by atoms with Crippen molar-refractivity contribution in [3.05, 3.63) is 59.9 Å². The van der Waals surface area contributed by atoms with Gasteiger partial charge in [0.1, 0.15) is 0 Å². The zero-order chi connectivity index (χ0) is 21.3. The molecule has 1 fully saturated rings. The number of likely N-dealkylation sites (N-methyl/N-ethyl adjacent to an activating group) is 1. The summed E-state index contributed by atoms with van der Waals surface area (Å²) in [5.41, 5.74) is 2.49. The second-order valence-corrected chi connectivity index (χ2v) is 10.9. The number of rotatable bonds is 9. The van der Waals surface area contributed by atoms with Gasteiger partial charge in [-0.05, 0) is 42.5 Å². The van der Waals surface area contributed by atoms with E-state index in [0.717, 1.165) is 18.7 Å². The summed E-state index contributed by atoms with van der Waals surface area (Å²) in [4.78, 5) is 20.3. The Morgan fingerprint density at radius 1 is 1.10 bits per heavy atom. The fourth-order valence-electron chi connectivity index (χ4n) is 3.86. The molecular formula is C25H34N2OS2. The molecule has 3 nitrogen and oxygen atoms in total. The Morgan fingerprint density at radius 3 is 2.57 bits per heavy atom. The molecule has 0 radical (unpaired) electrons. The number of benzene rings is 1. The molecule has 1 aromatic heterocycles. The quantitative estimate of drug-likeness (QED) is 0.474. The summed E-state index contributed by atoms with van der Waals surface area (Å²) in [6.07, 6.45) is 7.67. The van der Waals surface area contributed by atoms with Gasteiger partial charge in [-0.1, -0.05) is 51.0 Å². The van der Waals surface area contributed by atoms with E-state index in [1.165, 1.54) is 36.1 Å². The van der Waals surface area contributed by atoms with Crippen molar-refractivity contribution in [2.75, 3.05) is 19.3 Å². The number of carbonyl (C=O) groups is 1. The predicted molar refractivity (Wildman–Crippen MR) is 130 cm³/mol. The normalized spacial score (nSPS) is 19.1. The Hall–Kier alpha value is -1.46. The van der Waals surface area contributed by atoms with E-state index in [9.17, 15) is 4.79 Å². The van der Waals surface area contributed by atoms with Gasteiger partial charge in [0.15, 0.2) is 0 Å². The first-order chi connectivity index (χ1) is 14.5. The molecule has 0 saturated heterocycles. The van der Waals surface area contributed by atoms with E-state index in [4.69, 9.17) is 0 Å². The number of nitrogens with zero attached hydrogens (tertiary/aromatic N) is 2. The molecule has 1 aliphatic rings. The molecule has 2 atom stereocenters. The third-order valence-corrected chi connectivity index (χ3v) is 8.81. The molecule has 162 valence electrons. The Bertz CT molecular complexity index is 797. The maximum atomic E-state index is 12.7. The minimum Gasteiger partial charge on any atom is -0.345 e. The summed E-state index contributed by atoms with van der Waals surface area (Å²) in [5.74, 6) is 1.34. The summed E-state index contributed by atoms with van der Waals surface area (Å²) in [6.45, 7) is 5.26. The number of carbonyl (C=O) groups excluding carboxylic acids is 1. The fourth-order valence-corrected chi connectivity index (χ4v) is 7.02. The Kier molecular flexibility index (Phi) is 9.13. The molecule has 0 aliphatic heterocycles. The Balaban J connectivity index is 1.52. The van der Waals surface area contributed by atoms with Crippen molar-refractivity contribution in [2.45, 2.75) is 67.3 Å². The van der Waals surface area contributed by atoms with Crippen LogP contribution in [0, 0.1) is 0 Å². The van der Waals surface area contributed by atoms with Gasteiger partial charge >= 0.3 is 0 Å². The van der Waals surface area contributed by atoms with E-state index in [1.54, 1.807) is 0 Å². The third kappa shape index (κ3) is 6.78. The van der Waals surface area contributed by atoms with Crippen LogP contribution >= 0.6 is 23.5 Å². The summed E-state index contributed by atoms with van der Waals surface area (Å²) < 4.78 is 0. The van der Waals surface area contributed by atoms with Crippen molar-refractivity contribution in [2.24, 2.45) is 0 Å². The van der Waals surface area contributed by atoms with E-state index in [1.807, 2.05) is 59.9 Å². The SMILES string of the molecule is CC(C)c1ccccc1S[C@@H]1CCCC[C@H]1SCC(=O)N(C)CCc1ccccn1. The van der Waals surface area contributed by atoms with Crippen molar-refractivity contribution in [1.82, 2.24) is 9.88 Å². The lowest BCUT2D eigenvalue weighted by molar-refractivity contribution is -0.127. The summed E-state index contributed by atoms with van der Waals surface area (Å²) in [6, 6.07) is 14.8. The summed E-state index contributed by atoms with van der Waals surface area (Å²) in [5, 5.41) is 1.15. The maximum Gasteiger partial charge on any atom is 0.232 e. The highest BCUT2D eigenvalue weighted by atomic mass is 32.2. The molecule has 1 amide bonds. The Morgan fingerprint density at radius 2 is 1.83 bits per heavy atom. The lowest BCUT2D eigenvalue weighted by Crippen LogP contribution is -2.32. The van der Waals surface area contributed by atoms with Crippen LogP contribution in [0.25, 0.3) is 0 Å². The van der Waals surface area contributed by atoms with Crippen molar-refractivity contribution in [3.8, 4) is 0 Å². The third-order valence-electron chi connectivity index (χ3n) is 5.74. The smallest absolute Gasteiger partial charge is 0.232 e. The highest BCUT2D eigenvalue weighted by molar-refractivity contribution is 8.04. The average molecular weight is 443 g/mol. The highest BCUT2D eigenvalue weighted by Gasteiger charge is 2.28. The molecule has 3 rings (SSSR count). The van der Waals surface area contributed by atoms with Crippen LogP contribution in [0.1, 0.15) is 56.7 Å². The van der Waals surface area contributed by atoms with Crippen LogP contribution in [0.5, 0.6) is 0 Å². The molecule has 0 bridgehead atoms. The van der Waals surface area contributed by atoms with Crippen molar-refractivity contribution < 1.29 is 4.79 Å². The number of hydrogen-bond acceptors (Lipinski definition) is 4. The zero-order valence-electron chi connectivity index (χ0n) is 18.4. The zero-order valence-corrected chi connectivity index (χ0v) is 20.1. The average Bonchev–Trinajstić information content (AvgIpc) is 2.77. The fraction of sp³-hybridized carbons (Fsp3) is 0.520. The van der Waals surface area contributed by atoms with Gasteiger partial charge in [0.25, 0.3) is 0 Å². The lowest BCUT2D eigenvalue weighted by atomic mass is 10.00. The molecule has 1 saturated carbocycles. The molecule has 1 aliphatic carbocycles. The predicted octanol–water partition coefficient (Wildman–Crippen LogP) is 6.04. The van der Waals surface area contributed by atoms with E-state index in [2.05, 4.69) is 43.1 Å². The van der Waals surface area contributed by atoms with Gasteiger partial charge in [-0.2, -0.15) is 0 Å². The van der Waals surface area contributed by atoms with Crippen LogP contribution < -0.4 is 0 Å². The van der Waals surface area contributed by atoms with Gasteiger partial charge in [0.05, 0.1) is 5.75 Å². The van der Waals surface area contributed by atoms with Crippen molar-refractivity contribution in [1.29, 1.82) is 0 Å². The minimum absolute atomic E-state index is 0.229. The first-order valence-corrected chi connectivity index (χ1v) is 13.0. The van der Waals surface area contributed by atoms with E-state index in [-0.39, 0.29) is 5.91 Å². The number of thioether (sulfide) groups is 2. The topological polar surface area (TPSA) is 33.2 Å². The van der Waals surface area contributed by atoms with Gasteiger partial charge < -0.3 is 4.90 Å². The molecule has 30 heavy (non-hydrogen) atoms. The van der Waals surface area contributed by atoms with E-state index in [0.29, 0.717) is 22.2 Å². The number of aromatic nitrogens is 1. The summed E-state index contributed by atoms with van der Waals surface area (Å²) in [7, 11) is 1.91. The van der Waals surface area contributed by atoms with Gasteiger partial charge in [-0.25, -0.2) is 0 Å². The van der Waals surface area contributed by atoms with E-state index < -0.39 is 0 Å². The summed E-state index contributed by atoms with van der Waals surface area (Å²) >= 11 is 3.91. The van der Waals surface area contributed by atoms with Crippen LogP contribution in [0.4, 0.5) is 0 Å². The second-order valence-electron chi connectivity index (χ2n) is 8.37. The maximum absolute atomic E-state index is 12.7. The Labute approximate surface area is 190 Å². The van der Waals surface area contributed by atoms with Gasteiger partial charge in [0.2, 0.25) is 5.91 Å². The molecule has 2 aromatic rings. The molecular weight excluding hydrogens is 408 g/mol. The number of hydrogen-bond donors (Lipinski definition) is 0. The van der Waals surface area contributed by atoms with Crippen LogP contribution in [0.2, 0.25) is 0 Å². The second kappa shape index (κ2) is 11.8. The van der Waals surface area contributed by atoms with Crippen LogP contribution in [-0.4, -0.2) is 45.6 Å². The standard InChI is InChI=1S/C25H34N2OS2/c1-19(2)21-11-4-5-12-22(21)30-24-14-7-6-13-23(24)29-18-25(28)27(3)17-15-20-10-8-9-16-26-20/h4-5,8-12,16,19,23-24H,6-7,13-15,17-18H2,1-3H3/t23-,24-/m1/s1. The highest BCUT2D eigenvalue weighted by Crippen LogP contribution is 2.41. The van der Waals surface area contributed by atoms with Gasteiger partial charge in [0, 0.05) is 47.3 Å². The molecule has 0 spiro atoms. The number of pyridine rings is 1. The number of amides is 1.